The fraction of sp³-hybridized carbons (Fsp3) is 0.136. The van der Waals surface area contributed by atoms with Gasteiger partial charge in [0.2, 0.25) is 5.78 Å². The van der Waals surface area contributed by atoms with Gasteiger partial charge in [0, 0.05) is 22.7 Å². The Hall–Kier alpha value is -1.54. The molecule has 0 radical (unpaired) electrons. The third-order valence-corrected chi connectivity index (χ3v) is 8.93. The molecule has 34 heavy (non-hydrogen) atoms. The summed E-state index contributed by atoms with van der Waals surface area (Å²) < 4.78 is 52.3. The molecule has 0 atom stereocenters. The summed E-state index contributed by atoms with van der Waals surface area (Å²) in [5.41, 5.74) is 7.65. The fourth-order valence-corrected chi connectivity index (χ4v) is 6.87. The summed E-state index contributed by atoms with van der Waals surface area (Å²) in [5.74, 6) is -0.762. The summed E-state index contributed by atoms with van der Waals surface area (Å²) in [6, 6.07) is 11.9. The van der Waals surface area contributed by atoms with Crippen molar-refractivity contribution < 1.29 is 57.9 Å². The maximum Gasteiger partial charge on any atom is 1.00 e. The van der Waals surface area contributed by atoms with E-state index >= 15 is 0 Å². The number of hydrogen-bond donors (Lipinski definition) is 4. The molecule has 0 aliphatic carbocycles. The predicted octanol–water partition coefficient (Wildman–Crippen LogP) is 1.86. The fourth-order valence-electron chi connectivity index (χ4n) is 3.62. The molecule has 12 heteroatoms. The third kappa shape index (κ3) is 5.64. The largest absolute Gasteiger partial charge is 1.00 e. The van der Waals surface area contributed by atoms with Crippen LogP contribution in [0.15, 0.2) is 86.5 Å². The number of fused-ring (bicyclic) bond motifs is 2. The SMILES string of the molecule is Nc1ccc2c(c1)SC(=CC=CC=C1C(=O)c3ccccc3S1(O)O)N2CCCS(=O)(=O)O.[H-].[Na+]. The van der Waals surface area contributed by atoms with E-state index in [1.807, 2.05) is 17.0 Å². The molecule has 0 unspecified atom stereocenters. The summed E-state index contributed by atoms with van der Waals surface area (Å²) in [7, 11) is -7.41. The topological polar surface area (TPSA) is 141 Å². The number of hydrogen-bond acceptors (Lipinski definition) is 8. The van der Waals surface area contributed by atoms with Crippen molar-refractivity contribution in [3.8, 4) is 0 Å². The molecule has 4 rings (SSSR count). The molecule has 0 amide bonds. The predicted molar refractivity (Wildman–Crippen MR) is 133 cm³/mol. The first-order valence-corrected chi connectivity index (χ1v) is 13.9. The van der Waals surface area contributed by atoms with E-state index < -0.39 is 26.5 Å². The van der Waals surface area contributed by atoms with Crippen LogP contribution in [-0.2, 0) is 10.1 Å². The van der Waals surface area contributed by atoms with Crippen LogP contribution in [0.4, 0.5) is 11.4 Å². The van der Waals surface area contributed by atoms with Crippen LogP contribution in [0.2, 0.25) is 0 Å². The monoisotopic (exact) mass is 530 g/mol. The Morgan fingerprint density at radius 3 is 2.53 bits per heavy atom. The van der Waals surface area contributed by atoms with Gasteiger partial charge in [0.15, 0.2) is 0 Å². The van der Waals surface area contributed by atoms with Crippen molar-refractivity contribution >= 4 is 49.6 Å². The molecule has 2 aromatic carbocycles. The Balaban J connectivity index is 0.00000216. The zero-order valence-electron chi connectivity index (χ0n) is 19.3. The first kappa shape index (κ1) is 27.1. The molecule has 2 aliphatic rings. The zero-order chi connectivity index (χ0) is 23.8. The maximum absolute atomic E-state index is 12.6. The van der Waals surface area contributed by atoms with Crippen molar-refractivity contribution in [3.63, 3.8) is 0 Å². The number of carbonyl (C=O) groups is 1. The number of allylic oxidation sites excluding steroid dienone is 5. The Kier molecular flexibility index (Phi) is 8.44. The number of rotatable bonds is 6. The van der Waals surface area contributed by atoms with E-state index in [1.165, 1.54) is 23.9 Å². The molecular formula is C22H23N2NaO6S3. The minimum absolute atomic E-state index is 0. The van der Waals surface area contributed by atoms with Crippen LogP contribution < -0.4 is 40.2 Å². The molecule has 5 N–H and O–H groups in total. The van der Waals surface area contributed by atoms with Crippen LogP contribution in [0.1, 0.15) is 18.2 Å². The average molecular weight is 531 g/mol. The Labute approximate surface area is 227 Å². The number of ketones is 1. The van der Waals surface area contributed by atoms with Crippen LogP contribution in [0, 0.1) is 0 Å². The summed E-state index contributed by atoms with van der Waals surface area (Å²) >= 11 is 1.45. The third-order valence-electron chi connectivity index (χ3n) is 5.11. The normalized spacial score (nSPS) is 20.0. The van der Waals surface area contributed by atoms with E-state index in [4.69, 9.17) is 10.3 Å². The van der Waals surface area contributed by atoms with Crippen LogP contribution in [0.25, 0.3) is 0 Å². The van der Waals surface area contributed by atoms with Crippen LogP contribution >= 0.6 is 22.4 Å². The van der Waals surface area contributed by atoms with E-state index in [2.05, 4.69) is 0 Å². The summed E-state index contributed by atoms with van der Waals surface area (Å²) in [5, 5.41) is 0.799. The van der Waals surface area contributed by atoms with E-state index in [0.717, 1.165) is 15.6 Å². The van der Waals surface area contributed by atoms with Gasteiger partial charge >= 0.3 is 29.6 Å². The van der Waals surface area contributed by atoms with Gasteiger partial charge in [0.05, 0.1) is 21.4 Å². The van der Waals surface area contributed by atoms with Gasteiger partial charge in [-0.25, -0.2) is 0 Å². The van der Waals surface area contributed by atoms with Crippen molar-refractivity contribution in [2.24, 2.45) is 0 Å². The summed E-state index contributed by atoms with van der Waals surface area (Å²) in [6.07, 6.45) is 6.65. The molecule has 0 saturated carbocycles. The Bertz CT molecular complexity index is 1330. The van der Waals surface area contributed by atoms with Gasteiger partial charge in [0.25, 0.3) is 10.1 Å². The van der Waals surface area contributed by atoms with Crippen molar-refractivity contribution in [1.29, 1.82) is 0 Å². The van der Waals surface area contributed by atoms with Crippen LogP contribution in [0.5, 0.6) is 0 Å². The molecular weight excluding hydrogens is 507 g/mol. The molecule has 0 fully saturated rings. The minimum Gasteiger partial charge on any atom is -1.00 e. The molecule has 0 bridgehead atoms. The number of Topliss-reactive ketones (excluding diaryl/α,β-unsaturated/α-hetero) is 1. The average Bonchev–Trinajstić information content (AvgIpc) is 3.17. The number of nitrogen functional groups attached to an aromatic ring is 1. The Morgan fingerprint density at radius 2 is 1.82 bits per heavy atom. The molecule has 2 aliphatic heterocycles. The van der Waals surface area contributed by atoms with Crippen LogP contribution in [-0.4, -0.2) is 40.2 Å². The quantitative estimate of drug-likeness (QED) is 0.191. The summed E-state index contributed by atoms with van der Waals surface area (Å²) in [6.45, 7) is 0.360. The number of anilines is 2. The molecule has 0 saturated heterocycles. The van der Waals surface area contributed by atoms with Gasteiger partial charge in [-0.2, -0.15) is 8.42 Å². The maximum atomic E-state index is 12.6. The van der Waals surface area contributed by atoms with E-state index in [9.17, 15) is 22.3 Å². The van der Waals surface area contributed by atoms with Crippen molar-refractivity contribution in [1.82, 2.24) is 0 Å². The first-order chi connectivity index (χ1) is 15.6. The Morgan fingerprint density at radius 1 is 1.12 bits per heavy atom. The number of carbonyl (C=O) groups excluding carboxylic acids is 1. The minimum atomic E-state index is -4.06. The number of nitrogens with zero attached hydrogens (tertiary/aromatic N) is 1. The van der Waals surface area contributed by atoms with Crippen LogP contribution in [0.3, 0.4) is 0 Å². The standard InChI is InChI=1S/C22H22N2O6S3.Na.H/c23-15-10-11-17-18(14-15)31-21(24(17)12-5-13-32(26,27)28)9-4-3-8-20-22(25)16-6-1-2-7-19(16)33(20,29)30;;/h1-4,6-11,14,29-30H,5,12-13,23H2,(H,26,27,28);;/q;+1;-1. The van der Waals surface area contributed by atoms with Crippen molar-refractivity contribution in [2.75, 3.05) is 22.9 Å². The van der Waals surface area contributed by atoms with Gasteiger partial charge in [-0.1, -0.05) is 36.0 Å². The van der Waals surface area contributed by atoms with Crippen molar-refractivity contribution in [3.05, 3.63) is 82.3 Å². The van der Waals surface area contributed by atoms with Gasteiger partial charge in [-0.05, 0) is 48.9 Å². The second-order valence-electron chi connectivity index (χ2n) is 7.42. The van der Waals surface area contributed by atoms with E-state index in [0.29, 0.717) is 17.8 Å². The van der Waals surface area contributed by atoms with Gasteiger partial charge in [-0.15, -0.1) is 10.6 Å². The van der Waals surface area contributed by atoms with Crippen molar-refractivity contribution in [2.45, 2.75) is 16.2 Å². The van der Waals surface area contributed by atoms with Gasteiger partial charge < -0.3 is 12.1 Å². The van der Waals surface area contributed by atoms with E-state index in [1.54, 1.807) is 42.5 Å². The van der Waals surface area contributed by atoms with Gasteiger partial charge in [0.1, 0.15) is 4.91 Å². The van der Waals surface area contributed by atoms with E-state index in [-0.39, 0.29) is 53.0 Å². The first-order valence-electron chi connectivity index (χ1n) is 9.89. The molecule has 8 nitrogen and oxygen atoms in total. The molecule has 0 aromatic heterocycles. The smallest absolute Gasteiger partial charge is 1.00 e. The molecule has 2 heterocycles. The number of thioether (sulfide) groups is 1. The second kappa shape index (κ2) is 10.6. The van der Waals surface area contributed by atoms with Gasteiger partial charge in [-0.3, -0.25) is 18.5 Å². The molecule has 2 aromatic rings. The number of benzene rings is 2. The molecule has 176 valence electrons. The second-order valence-corrected chi connectivity index (χ2v) is 12.0. The molecule has 0 spiro atoms. The zero-order valence-corrected chi connectivity index (χ0v) is 22.7. The number of nitrogens with two attached hydrogens (primary N) is 1. The summed E-state index contributed by atoms with van der Waals surface area (Å²) in [4.78, 5) is 15.6.